The Morgan fingerprint density at radius 1 is 1.22 bits per heavy atom. The van der Waals surface area contributed by atoms with E-state index in [4.69, 9.17) is 5.26 Å². The molecule has 2 rings (SSSR count). The summed E-state index contributed by atoms with van der Waals surface area (Å²) < 4.78 is 0. The second-order valence-corrected chi connectivity index (χ2v) is 6.03. The van der Waals surface area contributed by atoms with Gasteiger partial charge in [0.25, 0.3) is 0 Å². The topological polar surface area (TPSA) is 65.8 Å². The van der Waals surface area contributed by atoms with Crippen molar-refractivity contribution in [1.82, 2.24) is 10.3 Å². The van der Waals surface area contributed by atoms with Crippen LogP contribution in [0.15, 0.2) is 42.7 Å². The Morgan fingerprint density at radius 2 is 1.91 bits per heavy atom. The van der Waals surface area contributed by atoms with Gasteiger partial charge >= 0.3 is 0 Å². The summed E-state index contributed by atoms with van der Waals surface area (Å²) in [5.41, 5.74) is 2.78. The third-order valence-corrected chi connectivity index (χ3v) is 3.91. The average molecular weight is 307 g/mol. The van der Waals surface area contributed by atoms with E-state index < -0.39 is 5.41 Å². The standard InChI is InChI=1S/C19H21N3O/c1-4-9-22-18(23)19(2,3)17-7-5-15(6-8-17)16-10-14(11-20)12-21-13-16/h5-8,10,12-13H,4,9H2,1-3H3,(H,22,23). The molecule has 0 spiro atoms. The van der Waals surface area contributed by atoms with Crippen molar-refractivity contribution in [2.45, 2.75) is 32.6 Å². The van der Waals surface area contributed by atoms with Crippen LogP contribution in [0.25, 0.3) is 11.1 Å². The van der Waals surface area contributed by atoms with Crippen LogP contribution in [0.3, 0.4) is 0 Å². The summed E-state index contributed by atoms with van der Waals surface area (Å²) in [7, 11) is 0. The Bertz CT molecular complexity index is 727. The van der Waals surface area contributed by atoms with Gasteiger partial charge in [-0.1, -0.05) is 31.2 Å². The Labute approximate surface area is 137 Å². The van der Waals surface area contributed by atoms with Crippen LogP contribution in [0.1, 0.15) is 38.3 Å². The summed E-state index contributed by atoms with van der Waals surface area (Å²) in [6.07, 6.45) is 4.19. The number of carbonyl (C=O) groups excluding carboxylic acids is 1. The number of pyridine rings is 1. The van der Waals surface area contributed by atoms with E-state index in [1.54, 1.807) is 18.5 Å². The molecule has 1 amide bonds. The first-order valence-electron chi connectivity index (χ1n) is 7.73. The molecule has 0 aliphatic carbocycles. The Morgan fingerprint density at radius 3 is 2.52 bits per heavy atom. The molecule has 1 aromatic heterocycles. The third kappa shape index (κ3) is 3.75. The number of hydrogen-bond acceptors (Lipinski definition) is 3. The van der Waals surface area contributed by atoms with Gasteiger partial charge in [-0.3, -0.25) is 9.78 Å². The maximum Gasteiger partial charge on any atom is 0.230 e. The maximum atomic E-state index is 12.3. The lowest BCUT2D eigenvalue weighted by Crippen LogP contribution is -2.40. The van der Waals surface area contributed by atoms with E-state index in [2.05, 4.69) is 16.4 Å². The van der Waals surface area contributed by atoms with E-state index >= 15 is 0 Å². The van der Waals surface area contributed by atoms with Crippen molar-refractivity contribution in [1.29, 1.82) is 5.26 Å². The van der Waals surface area contributed by atoms with E-state index in [9.17, 15) is 4.79 Å². The molecule has 4 nitrogen and oxygen atoms in total. The lowest BCUT2D eigenvalue weighted by molar-refractivity contribution is -0.125. The minimum Gasteiger partial charge on any atom is -0.355 e. The smallest absolute Gasteiger partial charge is 0.230 e. The van der Waals surface area contributed by atoms with Crippen LogP contribution in [0, 0.1) is 11.3 Å². The Hall–Kier alpha value is -2.67. The number of carbonyl (C=O) groups is 1. The number of rotatable bonds is 5. The molecule has 0 bridgehead atoms. The SMILES string of the molecule is CCCNC(=O)C(C)(C)c1ccc(-c2cncc(C#N)c2)cc1. The number of nitrogens with one attached hydrogen (secondary N) is 1. The lowest BCUT2D eigenvalue weighted by atomic mass is 9.83. The molecule has 23 heavy (non-hydrogen) atoms. The van der Waals surface area contributed by atoms with E-state index in [0.717, 1.165) is 23.1 Å². The van der Waals surface area contributed by atoms with Gasteiger partial charge in [0, 0.05) is 24.5 Å². The molecule has 1 heterocycles. The van der Waals surface area contributed by atoms with Crippen LogP contribution in [-0.4, -0.2) is 17.4 Å². The molecule has 0 saturated heterocycles. The van der Waals surface area contributed by atoms with Crippen LogP contribution in [-0.2, 0) is 10.2 Å². The molecular weight excluding hydrogens is 286 g/mol. The summed E-state index contributed by atoms with van der Waals surface area (Å²) in [5, 5.41) is 11.9. The molecule has 0 unspecified atom stereocenters. The number of hydrogen-bond donors (Lipinski definition) is 1. The van der Waals surface area contributed by atoms with Crippen molar-refractivity contribution >= 4 is 5.91 Å². The normalized spacial score (nSPS) is 10.9. The van der Waals surface area contributed by atoms with Crippen LogP contribution in [0.5, 0.6) is 0 Å². The van der Waals surface area contributed by atoms with E-state index in [1.807, 2.05) is 45.0 Å². The summed E-state index contributed by atoms with van der Waals surface area (Å²) in [6.45, 7) is 6.56. The van der Waals surface area contributed by atoms with Gasteiger partial charge in [0.1, 0.15) is 6.07 Å². The second-order valence-electron chi connectivity index (χ2n) is 6.03. The van der Waals surface area contributed by atoms with Gasteiger partial charge in [0.15, 0.2) is 0 Å². The van der Waals surface area contributed by atoms with Gasteiger partial charge in [-0.25, -0.2) is 0 Å². The second kappa shape index (κ2) is 7.06. The first kappa shape index (κ1) is 16.7. The maximum absolute atomic E-state index is 12.3. The molecule has 1 aromatic carbocycles. The van der Waals surface area contributed by atoms with Gasteiger partial charge in [0.2, 0.25) is 5.91 Å². The molecule has 0 fully saturated rings. The molecule has 118 valence electrons. The zero-order chi connectivity index (χ0) is 16.9. The fourth-order valence-corrected chi connectivity index (χ4v) is 2.33. The van der Waals surface area contributed by atoms with Crippen LogP contribution < -0.4 is 5.32 Å². The van der Waals surface area contributed by atoms with Crippen LogP contribution >= 0.6 is 0 Å². The number of nitriles is 1. The number of amides is 1. The fourth-order valence-electron chi connectivity index (χ4n) is 2.33. The summed E-state index contributed by atoms with van der Waals surface area (Å²) in [6, 6.07) is 11.7. The first-order chi connectivity index (χ1) is 11.0. The van der Waals surface area contributed by atoms with Gasteiger partial charge in [-0.05, 0) is 37.5 Å². The highest BCUT2D eigenvalue weighted by molar-refractivity contribution is 5.87. The predicted octanol–water partition coefficient (Wildman–Crippen LogP) is 3.42. The molecule has 0 saturated carbocycles. The predicted molar refractivity (Wildman–Crippen MR) is 90.7 cm³/mol. The van der Waals surface area contributed by atoms with Crippen molar-refractivity contribution in [3.63, 3.8) is 0 Å². The van der Waals surface area contributed by atoms with Crippen LogP contribution in [0.2, 0.25) is 0 Å². The highest BCUT2D eigenvalue weighted by Gasteiger charge is 2.29. The highest BCUT2D eigenvalue weighted by atomic mass is 16.2. The van der Waals surface area contributed by atoms with Crippen molar-refractivity contribution in [3.05, 3.63) is 53.9 Å². The Balaban J connectivity index is 2.25. The van der Waals surface area contributed by atoms with E-state index in [1.165, 1.54) is 0 Å². The molecular formula is C19H21N3O. The minimum atomic E-state index is -0.583. The largest absolute Gasteiger partial charge is 0.355 e. The summed E-state index contributed by atoms with van der Waals surface area (Å²) in [4.78, 5) is 16.4. The molecule has 1 N–H and O–H groups in total. The first-order valence-corrected chi connectivity index (χ1v) is 7.73. The quantitative estimate of drug-likeness (QED) is 0.920. The van der Waals surface area contributed by atoms with Crippen molar-refractivity contribution < 1.29 is 4.79 Å². The molecule has 2 aromatic rings. The van der Waals surface area contributed by atoms with E-state index in [-0.39, 0.29) is 5.91 Å². The van der Waals surface area contributed by atoms with Gasteiger partial charge < -0.3 is 5.32 Å². The van der Waals surface area contributed by atoms with E-state index in [0.29, 0.717) is 12.1 Å². The van der Waals surface area contributed by atoms with Crippen molar-refractivity contribution in [2.75, 3.05) is 6.54 Å². The molecule has 0 aliphatic heterocycles. The van der Waals surface area contributed by atoms with Crippen LogP contribution in [0.4, 0.5) is 0 Å². The van der Waals surface area contributed by atoms with Crippen molar-refractivity contribution in [3.8, 4) is 17.2 Å². The van der Waals surface area contributed by atoms with Gasteiger partial charge in [0.05, 0.1) is 11.0 Å². The highest BCUT2D eigenvalue weighted by Crippen LogP contribution is 2.27. The average Bonchev–Trinajstić information content (AvgIpc) is 2.59. The monoisotopic (exact) mass is 307 g/mol. The minimum absolute atomic E-state index is 0.0280. The Kier molecular flexibility index (Phi) is 5.13. The third-order valence-electron chi connectivity index (χ3n) is 3.91. The molecule has 0 radical (unpaired) electrons. The molecule has 0 atom stereocenters. The molecule has 0 aliphatic rings. The zero-order valence-electron chi connectivity index (χ0n) is 13.8. The molecule has 4 heteroatoms. The zero-order valence-corrected chi connectivity index (χ0v) is 13.8. The number of benzene rings is 1. The summed E-state index contributed by atoms with van der Waals surface area (Å²) in [5.74, 6) is 0.0280. The summed E-state index contributed by atoms with van der Waals surface area (Å²) >= 11 is 0. The van der Waals surface area contributed by atoms with Crippen molar-refractivity contribution in [2.24, 2.45) is 0 Å². The number of nitrogens with zero attached hydrogens (tertiary/aromatic N) is 2. The number of aromatic nitrogens is 1. The van der Waals surface area contributed by atoms with Gasteiger partial charge in [-0.2, -0.15) is 5.26 Å². The fraction of sp³-hybridized carbons (Fsp3) is 0.316. The lowest BCUT2D eigenvalue weighted by Gasteiger charge is -2.24. The van der Waals surface area contributed by atoms with Gasteiger partial charge in [-0.15, -0.1) is 0 Å².